The van der Waals surface area contributed by atoms with Crippen molar-refractivity contribution in [3.05, 3.63) is 71.8 Å². The van der Waals surface area contributed by atoms with Crippen LogP contribution in [0.2, 0.25) is 0 Å². The van der Waals surface area contributed by atoms with Crippen LogP contribution in [-0.2, 0) is 11.8 Å². The van der Waals surface area contributed by atoms with Crippen LogP contribution >= 0.6 is 0 Å². The van der Waals surface area contributed by atoms with Gasteiger partial charge in [0.1, 0.15) is 0 Å². The van der Waals surface area contributed by atoms with E-state index >= 15 is 0 Å². The Kier molecular flexibility index (Phi) is 3.20. The third-order valence-electron chi connectivity index (χ3n) is 5.12. The van der Waals surface area contributed by atoms with Gasteiger partial charge < -0.3 is 0 Å². The SMILES string of the molecule is CC(C)(Cc1ccccc1)C1CC1(C)c1ccccc1. The molecule has 0 nitrogen and oxygen atoms in total. The highest BCUT2D eigenvalue weighted by Crippen LogP contribution is 2.62. The molecule has 0 spiro atoms. The molecule has 0 amide bonds. The summed E-state index contributed by atoms with van der Waals surface area (Å²) in [5.41, 5.74) is 3.69. The molecule has 1 saturated carbocycles. The summed E-state index contributed by atoms with van der Waals surface area (Å²) in [7, 11) is 0. The molecule has 0 N–H and O–H groups in total. The van der Waals surface area contributed by atoms with Crippen LogP contribution in [0.15, 0.2) is 60.7 Å². The topological polar surface area (TPSA) is 0 Å². The van der Waals surface area contributed by atoms with Crippen molar-refractivity contribution in [1.29, 1.82) is 0 Å². The molecular formula is C20H24. The largest absolute Gasteiger partial charge is 0.0622 e. The molecule has 2 atom stereocenters. The van der Waals surface area contributed by atoms with E-state index in [9.17, 15) is 0 Å². The summed E-state index contributed by atoms with van der Waals surface area (Å²) in [6, 6.07) is 21.9. The van der Waals surface area contributed by atoms with Gasteiger partial charge in [-0.1, -0.05) is 81.4 Å². The normalized spacial score (nSPS) is 25.4. The number of benzene rings is 2. The van der Waals surface area contributed by atoms with Crippen molar-refractivity contribution < 1.29 is 0 Å². The molecule has 0 bridgehead atoms. The molecule has 2 aromatic rings. The van der Waals surface area contributed by atoms with Crippen LogP contribution < -0.4 is 0 Å². The first-order valence-electron chi connectivity index (χ1n) is 7.62. The highest BCUT2D eigenvalue weighted by atomic mass is 14.6. The summed E-state index contributed by atoms with van der Waals surface area (Å²) >= 11 is 0. The second-order valence-corrected chi connectivity index (χ2v) is 7.19. The van der Waals surface area contributed by atoms with Gasteiger partial charge in [0.25, 0.3) is 0 Å². The zero-order valence-corrected chi connectivity index (χ0v) is 12.8. The Morgan fingerprint density at radius 3 is 2.10 bits per heavy atom. The summed E-state index contributed by atoms with van der Waals surface area (Å²) in [4.78, 5) is 0. The van der Waals surface area contributed by atoms with E-state index < -0.39 is 0 Å². The molecule has 1 aliphatic rings. The molecule has 1 fully saturated rings. The van der Waals surface area contributed by atoms with Gasteiger partial charge in [-0.15, -0.1) is 0 Å². The van der Waals surface area contributed by atoms with E-state index in [-0.39, 0.29) is 0 Å². The number of rotatable bonds is 4. The highest BCUT2D eigenvalue weighted by molar-refractivity contribution is 5.34. The minimum absolute atomic E-state index is 0.353. The predicted octanol–water partition coefficient (Wildman–Crippen LogP) is 5.23. The molecule has 3 rings (SSSR count). The maximum Gasteiger partial charge on any atom is -0.00384 e. The van der Waals surface area contributed by atoms with Crippen molar-refractivity contribution in [2.75, 3.05) is 0 Å². The first-order chi connectivity index (χ1) is 9.52. The molecule has 2 aromatic carbocycles. The van der Waals surface area contributed by atoms with Gasteiger partial charge in [-0.2, -0.15) is 0 Å². The Balaban J connectivity index is 1.77. The van der Waals surface area contributed by atoms with E-state index in [1.165, 1.54) is 24.0 Å². The lowest BCUT2D eigenvalue weighted by Gasteiger charge is -2.28. The first kappa shape index (κ1) is 13.4. The summed E-state index contributed by atoms with van der Waals surface area (Å²) in [6.45, 7) is 7.29. The molecule has 0 aromatic heterocycles. The van der Waals surface area contributed by atoms with E-state index in [2.05, 4.69) is 81.4 Å². The van der Waals surface area contributed by atoms with E-state index in [1.54, 1.807) is 0 Å². The van der Waals surface area contributed by atoms with Crippen LogP contribution in [0.25, 0.3) is 0 Å². The van der Waals surface area contributed by atoms with E-state index in [0.29, 0.717) is 10.8 Å². The average molecular weight is 264 g/mol. The molecule has 0 saturated heterocycles. The second kappa shape index (κ2) is 4.77. The van der Waals surface area contributed by atoms with Gasteiger partial charge in [0, 0.05) is 0 Å². The lowest BCUT2D eigenvalue weighted by molar-refractivity contribution is 0.282. The fourth-order valence-electron chi connectivity index (χ4n) is 3.89. The Bertz CT molecular complexity index is 568. The standard InChI is InChI=1S/C20H24/c1-19(2,14-16-10-6-4-7-11-16)18-15-20(18,3)17-12-8-5-9-13-17/h4-13,18H,14-15H2,1-3H3. The van der Waals surface area contributed by atoms with Gasteiger partial charge in [0.15, 0.2) is 0 Å². The van der Waals surface area contributed by atoms with Crippen LogP contribution in [0.5, 0.6) is 0 Å². The predicted molar refractivity (Wildman–Crippen MR) is 85.8 cm³/mol. The van der Waals surface area contributed by atoms with Crippen LogP contribution in [0.3, 0.4) is 0 Å². The van der Waals surface area contributed by atoms with Crippen molar-refractivity contribution in [3.63, 3.8) is 0 Å². The maximum atomic E-state index is 2.43. The lowest BCUT2D eigenvalue weighted by Crippen LogP contribution is -2.23. The van der Waals surface area contributed by atoms with Crippen LogP contribution in [-0.4, -0.2) is 0 Å². The monoisotopic (exact) mass is 264 g/mol. The van der Waals surface area contributed by atoms with E-state index in [0.717, 1.165) is 5.92 Å². The third kappa shape index (κ3) is 2.40. The molecule has 0 heterocycles. The number of hydrogen-bond acceptors (Lipinski definition) is 0. The van der Waals surface area contributed by atoms with Gasteiger partial charge in [-0.25, -0.2) is 0 Å². The Hall–Kier alpha value is -1.56. The minimum atomic E-state index is 0.353. The van der Waals surface area contributed by atoms with Crippen LogP contribution in [0.1, 0.15) is 38.3 Å². The van der Waals surface area contributed by atoms with E-state index in [1.807, 2.05) is 0 Å². The molecule has 1 aliphatic carbocycles. The van der Waals surface area contributed by atoms with Gasteiger partial charge in [-0.05, 0) is 40.7 Å². The van der Waals surface area contributed by atoms with Crippen molar-refractivity contribution in [2.24, 2.45) is 11.3 Å². The van der Waals surface area contributed by atoms with E-state index in [4.69, 9.17) is 0 Å². The van der Waals surface area contributed by atoms with Gasteiger partial charge in [0.05, 0.1) is 0 Å². The van der Waals surface area contributed by atoms with Gasteiger partial charge in [0.2, 0.25) is 0 Å². The van der Waals surface area contributed by atoms with Crippen molar-refractivity contribution in [1.82, 2.24) is 0 Å². The van der Waals surface area contributed by atoms with Crippen molar-refractivity contribution >= 4 is 0 Å². The lowest BCUT2D eigenvalue weighted by atomic mass is 9.76. The minimum Gasteiger partial charge on any atom is -0.0622 e. The molecule has 2 unspecified atom stereocenters. The molecule has 104 valence electrons. The fourth-order valence-corrected chi connectivity index (χ4v) is 3.89. The van der Waals surface area contributed by atoms with Gasteiger partial charge in [-0.3, -0.25) is 0 Å². The maximum absolute atomic E-state index is 2.43. The number of hydrogen-bond donors (Lipinski definition) is 0. The Labute approximate surface area is 122 Å². The Morgan fingerprint density at radius 1 is 0.950 bits per heavy atom. The third-order valence-corrected chi connectivity index (χ3v) is 5.12. The zero-order valence-electron chi connectivity index (χ0n) is 12.8. The molecule has 0 heteroatoms. The van der Waals surface area contributed by atoms with Crippen molar-refractivity contribution in [3.8, 4) is 0 Å². The quantitative estimate of drug-likeness (QED) is 0.709. The van der Waals surface area contributed by atoms with Crippen LogP contribution in [0, 0.1) is 11.3 Å². The molecule has 0 radical (unpaired) electrons. The van der Waals surface area contributed by atoms with Crippen molar-refractivity contribution in [2.45, 2.75) is 39.0 Å². The zero-order chi connectivity index (χ0) is 14.2. The second-order valence-electron chi connectivity index (χ2n) is 7.19. The molecular weight excluding hydrogens is 240 g/mol. The average Bonchev–Trinajstić information content (AvgIpc) is 3.16. The van der Waals surface area contributed by atoms with Crippen LogP contribution in [0.4, 0.5) is 0 Å². The highest BCUT2D eigenvalue weighted by Gasteiger charge is 2.57. The Morgan fingerprint density at radius 2 is 1.50 bits per heavy atom. The fraction of sp³-hybridized carbons (Fsp3) is 0.400. The summed E-state index contributed by atoms with van der Waals surface area (Å²) in [5, 5.41) is 0. The van der Waals surface area contributed by atoms with Gasteiger partial charge >= 0.3 is 0 Å². The smallest absolute Gasteiger partial charge is 0.00384 e. The summed E-state index contributed by atoms with van der Waals surface area (Å²) < 4.78 is 0. The summed E-state index contributed by atoms with van der Waals surface area (Å²) in [6.07, 6.45) is 2.48. The first-order valence-corrected chi connectivity index (χ1v) is 7.62. The molecule has 0 aliphatic heterocycles. The molecule has 20 heavy (non-hydrogen) atoms. The summed E-state index contributed by atoms with van der Waals surface area (Å²) in [5.74, 6) is 0.776.